The van der Waals surface area contributed by atoms with Crippen LogP contribution in [0.15, 0.2) is 54.6 Å². The zero-order valence-electron chi connectivity index (χ0n) is 24.1. The normalized spacial score (nSPS) is 14.5. The molecule has 1 atom stereocenters. The lowest BCUT2D eigenvalue weighted by atomic mass is 9.83. The van der Waals surface area contributed by atoms with Crippen LogP contribution in [0.2, 0.25) is 0 Å². The lowest BCUT2D eigenvalue weighted by Crippen LogP contribution is -2.46. The number of carboxylic acid groups (broad SMARTS) is 1. The molecule has 1 unspecified atom stereocenters. The van der Waals surface area contributed by atoms with Gasteiger partial charge in [-0.1, -0.05) is 55.2 Å². The van der Waals surface area contributed by atoms with Crippen molar-refractivity contribution in [1.82, 2.24) is 5.32 Å². The minimum absolute atomic E-state index is 0.0373. The molecule has 0 aromatic heterocycles. The van der Waals surface area contributed by atoms with Crippen LogP contribution in [0.25, 0.3) is 11.1 Å². The lowest BCUT2D eigenvalue weighted by Gasteiger charge is -2.28. The van der Waals surface area contributed by atoms with E-state index in [1.807, 2.05) is 32.9 Å². The molecule has 0 saturated heterocycles. The highest BCUT2D eigenvalue weighted by molar-refractivity contribution is 6.08. The highest BCUT2D eigenvalue weighted by Gasteiger charge is 2.32. The van der Waals surface area contributed by atoms with Crippen molar-refractivity contribution in [3.05, 3.63) is 76.9 Å². The highest BCUT2D eigenvalue weighted by Crippen LogP contribution is 2.31. The first kappa shape index (κ1) is 31.4. The van der Waals surface area contributed by atoms with Gasteiger partial charge in [-0.3, -0.25) is 4.79 Å². The van der Waals surface area contributed by atoms with Crippen molar-refractivity contribution in [1.29, 1.82) is 0 Å². The van der Waals surface area contributed by atoms with Crippen molar-refractivity contribution < 1.29 is 37.4 Å². The van der Waals surface area contributed by atoms with Gasteiger partial charge in [0.15, 0.2) is 0 Å². The van der Waals surface area contributed by atoms with E-state index in [-0.39, 0.29) is 17.2 Å². The largest absolute Gasteiger partial charge is 0.573 e. The number of benzene rings is 3. The van der Waals surface area contributed by atoms with E-state index >= 15 is 0 Å². The Balaban J connectivity index is 1.65. The number of halogens is 3. The molecular formula is C32H34F3N3O5. The first-order valence-corrected chi connectivity index (χ1v) is 14.0. The van der Waals surface area contributed by atoms with Crippen molar-refractivity contribution in [3.63, 3.8) is 0 Å². The van der Waals surface area contributed by atoms with Gasteiger partial charge >= 0.3 is 18.4 Å². The van der Waals surface area contributed by atoms with Gasteiger partial charge in [-0.25, -0.2) is 9.59 Å². The van der Waals surface area contributed by atoms with Crippen LogP contribution < -0.4 is 20.7 Å². The molecular weight excluding hydrogens is 563 g/mol. The van der Waals surface area contributed by atoms with Gasteiger partial charge in [0.1, 0.15) is 11.8 Å². The number of amides is 3. The zero-order chi connectivity index (χ0) is 31.3. The van der Waals surface area contributed by atoms with Gasteiger partial charge in [-0.15, -0.1) is 13.2 Å². The number of hydrogen-bond acceptors (Lipinski definition) is 4. The summed E-state index contributed by atoms with van der Waals surface area (Å²) in [6.07, 6.45) is -0.668. The van der Waals surface area contributed by atoms with Crippen molar-refractivity contribution >= 4 is 29.3 Å². The summed E-state index contributed by atoms with van der Waals surface area (Å²) in [5.41, 5.74) is 4.46. The second-order valence-corrected chi connectivity index (χ2v) is 10.9. The maximum absolute atomic E-state index is 13.5. The smallest absolute Gasteiger partial charge is 0.480 e. The van der Waals surface area contributed by atoms with Gasteiger partial charge in [0.05, 0.1) is 11.3 Å². The molecule has 4 N–H and O–H groups in total. The number of carbonyl (C=O) groups is 3. The molecule has 11 heteroatoms. The van der Waals surface area contributed by atoms with E-state index in [2.05, 4.69) is 20.7 Å². The zero-order valence-corrected chi connectivity index (χ0v) is 24.1. The van der Waals surface area contributed by atoms with Crippen molar-refractivity contribution in [2.24, 2.45) is 5.92 Å². The Morgan fingerprint density at radius 2 is 1.47 bits per heavy atom. The minimum Gasteiger partial charge on any atom is -0.480 e. The molecule has 4 rings (SSSR count). The Bertz CT molecular complexity index is 1480. The third-order valence-corrected chi connectivity index (χ3v) is 7.52. The van der Waals surface area contributed by atoms with Crippen LogP contribution >= 0.6 is 0 Å². The van der Waals surface area contributed by atoms with Gasteiger partial charge in [-0.05, 0) is 86.1 Å². The molecule has 0 bridgehead atoms. The summed E-state index contributed by atoms with van der Waals surface area (Å²) in [6.45, 7) is 5.66. The second kappa shape index (κ2) is 13.2. The number of anilines is 2. The molecule has 3 amide bonds. The van der Waals surface area contributed by atoms with Crippen LogP contribution in [0.1, 0.15) is 59.2 Å². The van der Waals surface area contributed by atoms with Crippen LogP contribution in [0.3, 0.4) is 0 Å². The number of rotatable bonds is 8. The number of alkyl halides is 3. The molecule has 0 radical (unpaired) electrons. The Hall–Kier alpha value is -4.54. The molecule has 228 valence electrons. The summed E-state index contributed by atoms with van der Waals surface area (Å²) in [5, 5.41) is 18.1. The van der Waals surface area contributed by atoms with Gasteiger partial charge in [-0.2, -0.15) is 0 Å². The fourth-order valence-corrected chi connectivity index (χ4v) is 5.59. The van der Waals surface area contributed by atoms with E-state index in [0.717, 1.165) is 48.1 Å². The second-order valence-electron chi connectivity index (χ2n) is 10.9. The molecule has 8 nitrogen and oxygen atoms in total. The first-order chi connectivity index (χ1) is 20.3. The summed E-state index contributed by atoms with van der Waals surface area (Å²) < 4.78 is 41.7. The number of carboxylic acids is 1. The quantitative estimate of drug-likeness (QED) is 0.214. The predicted octanol–water partition coefficient (Wildman–Crippen LogP) is 7.58. The summed E-state index contributed by atoms with van der Waals surface area (Å²) in [7, 11) is 0. The fourth-order valence-electron chi connectivity index (χ4n) is 5.59. The monoisotopic (exact) mass is 597 g/mol. The standard InChI is InChI=1S/C32H34F3N3O5/c1-18-15-19(2)27(20(3)16-18)38-31(42)36-26-17-23(21-9-12-24(13-10-21)43-32(33,34)35)11-14-25(26)29(39)37-28(30(40)41)22-7-5-4-6-8-22/h9-17,22,28H,4-8H2,1-3H3,(H,37,39)(H,40,41)(H2,36,38,42). The molecule has 3 aromatic carbocycles. The maximum Gasteiger partial charge on any atom is 0.573 e. The topological polar surface area (TPSA) is 117 Å². The van der Waals surface area contributed by atoms with E-state index in [1.165, 1.54) is 24.3 Å². The van der Waals surface area contributed by atoms with E-state index in [9.17, 15) is 32.7 Å². The summed E-state index contributed by atoms with van der Waals surface area (Å²) >= 11 is 0. The van der Waals surface area contributed by atoms with Crippen LogP contribution in [0, 0.1) is 26.7 Å². The number of aliphatic carboxylic acids is 1. The van der Waals surface area contributed by atoms with Crippen molar-refractivity contribution in [2.75, 3.05) is 10.6 Å². The molecule has 0 aliphatic heterocycles. The van der Waals surface area contributed by atoms with Crippen LogP contribution in [0.4, 0.5) is 29.3 Å². The molecule has 0 spiro atoms. The van der Waals surface area contributed by atoms with Gasteiger partial charge in [0.25, 0.3) is 5.91 Å². The van der Waals surface area contributed by atoms with Crippen LogP contribution in [-0.2, 0) is 4.79 Å². The van der Waals surface area contributed by atoms with Crippen LogP contribution in [-0.4, -0.2) is 35.4 Å². The van der Waals surface area contributed by atoms with E-state index in [0.29, 0.717) is 29.7 Å². The molecule has 43 heavy (non-hydrogen) atoms. The molecule has 3 aromatic rings. The number of hydrogen-bond donors (Lipinski definition) is 4. The Labute approximate surface area is 247 Å². The maximum atomic E-state index is 13.5. The fraction of sp³-hybridized carbons (Fsp3) is 0.344. The Morgan fingerprint density at radius 3 is 2.05 bits per heavy atom. The molecule has 1 saturated carbocycles. The lowest BCUT2D eigenvalue weighted by molar-refractivity contribution is -0.274. The van der Waals surface area contributed by atoms with E-state index in [4.69, 9.17) is 0 Å². The van der Waals surface area contributed by atoms with Gasteiger partial charge in [0.2, 0.25) is 0 Å². The molecule has 1 fully saturated rings. The predicted molar refractivity (Wildman–Crippen MR) is 157 cm³/mol. The number of ether oxygens (including phenoxy) is 1. The highest BCUT2D eigenvalue weighted by atomic mass is 19.4. The number of nitrogens with one attached hydrogen (secondary N) is 3. The molecule has 0 heterocycles. The average Bonchev–Trinajstić information content (AvgIpc) is 2.93. The third kappa shape index (κ3) is 8.27. The SMILES string of the molecule is Cc1cc(C)c(NC(=O)Nc2cc(-c3ccc(OC(F)(F)F)cc3)ccc2C(=O)NC(C(=O)O)C2CCCCC2)c(C)c1. The van der Waals surface area contributed by atoms with Gasteiger partial charge in [0, 0.05) is 5.69 Å². The van der Waals surface area contributed by atoms with Crippen LogP contribution in [0.5, 0.6) is 5.75 Å². The van der Waals surface area contributed by atoms with Gasteiger partial charge < -0.3 is 25.8 Å². The Morgan fingerprint density at radius 1 is 0.860 bits per heavy atom. The summed E-state index contributed by atoms with van der Waals surface area (Å²) in [6, 6.07) is 11.8. The first-order valence-electron chi connectivity index (χ1n) is 14.0. The minimum atomic E-state index is -4.83. The molecule has 1 aliphatic carbocycles. The number of carbonyl (C=O) groups excluding carboxylic acids is 2. The summed E-state index contributed by atoms with van der Waals surface area (Å²) in [4.78, 5) is 38.7. The van der Waals surface area contributed by atoms with E-state index in [1.54, 1.807) is 6.07 Å². The van der Waals surface area contributed by atoms with Crippen molar-refractivity contribution in [3.8, 4) is 16.9 Å². The number of urea groups is 1. The Kier molecular flexibility index (Phi) is 9.63. The number of aryl methyl sites for hydroxylation is 3. The third-order valence-electron chi connectivity index (χ3n) is 7.52. The molecule has 1 aliphatic rings. The van der Waals surface area contributed by atoms with E-state index < -0.39 is 36.1 Å². The average molecular weight is 598 g/mol. The van der Waals surface area contributed by atoms with Crippen molar-refractivity contribution in [2.45, 2.75) is 65.3 Å². The summed E-state index contributed by atoms with van der Waals surface area (Å²) in [5.74, 6) is -2.40.